The van der Waals surface area contributed by atoms with E-state index in [9.17, 15) is 0 Å². The molecule has 0 heterocycles. The summed E-state index contributed by atoms with van der Waals surface area (Å²) in [6.07, 6.45) is 7.03. The van der Waals surface area contributed by atoms with E-state index in [1.807, 2.05) is 6.08 Å². The van der Waals surface area contributed by atoms with Crippen LogP contribution >= 0.6 is 0 Å². The van der Waals surface area contributed by atoms with Gasteiger partial charge in [0.05, 0.1) is 5.76 Å². The lowest BCUT2D eigenvalue weighted by molar-refractivity contribution is 0.0536. The first-order valence-corrected chi connectivity index (χ1v) is 6.01. The third-order valence-electron chi connectivity index (χ3n) is 4.49. The van der Waals surface area contributed by atoms with E-state index in [1.165, 1.54) is 19.3 Å². The molecule has 1 nitrogen and oxygen atoms in total. The number of rotatable bonds is 4. The summed E-state index contributed by atoms with van der Waals surface area (Å²) in [7, 11) is 0. The molecule has 0 aliphatic heterocycles. The van der Waals surface area contributed by atoms with Gasteiger partial charge >= 0.3 is 0 Å². The van der Waals surface area contributed by atoms with Crippen molar-refractivity contribution in [3.8, 4) is 0 Å². The van der Waals surface area contributed by atoms with Crippen molar-refractivity contribution in [1.82, 2.24) is 0 Å². The number of allylic oxidation sites excluding steroid dienone is 1. The molecule has 0 saturated heterocycles. The topological polar surface area (TPSA) is 9.23 Å². The molecule has 15 heavy (non-hydrogen) atoms. The van der Waals surface area contributed by atoms with Crippen LogP contribution in [0.15, 0.2) is 25.0 Å². The van der Waals surface area contributed by atoms with E-state index in [0.717, 1.165) is 24.0 Å². The first-order chi connectivity index (χ1) is 7.05. The molecular weight excluding hydrogens is 184 g/mol. The van der Waals surface area contributed by atoms with E-state index in [0.29, 0.717) is 11.5 Å². The van der Waals surface area contributed by atoms with Gasteiger partial charge in [0.15, 0.2) is 0 Å². The highest BCUT2D eigenvalue weighted by Gasteiger charge is 2.54. The molecule has 2 aliphatic rings. The summed E-state index contributed by atoms with van der Waals surface area (Å²) in [4.78, 5) is 0. The minimum Gasteiger partial charge on any atom is -0.495 e. The Kier molecular flexibility index (Phi) is 2.66. The Morgan fingerprint density at radius 3 is 2.67 bits per heavy atom. The minimum absolute atomic E-state index is 0.422. The molecule has 2 rings (SSSR count). The summed E-state index contributed by atoms with van der Waals surface area (Å²) in [5, 5.41) is 0. The lowest BCUT2D eigenvalue weighted by Crippen LogP contribution is -2.24. The zero-order chi connectivity index (χ0) is 11.1. The van der Waals surface area contributed by atoms with Crippen molar-refractivity contribution in [3.63, 3.8) is 0 Å². The SMILES string of the molecule is C=CCC(=C)OC1CC2CCC1C2(C)C. The van der Waals surface area contributed by atoms with Gasteiger partial charge in [0, 0.05) is 12.3 Å². The highest BCUT2D eigenvalue weighted by molar-refractivity contribution is 5.05. The first-order valence-electron chi connectivity index (χ1n) is 6.01. The molecule has 2 aliphatic carbocycles. The van der Waals surface area contributed by atoms with Crippen molar-refractivity contribution >= 4 is 0 Å². The van der Waals surface area contributed by atoms with E-state index >= 15 is 0 Å². The molecule has 0 amide bonds. The Morgan fingerprint density at radius 1 is 1.47 bits per heavy atom. The van der Waals surface area contributed by atoms with Crippen LogP contribution < -0.4 is 0 Å². The van der Waals surface area contributed by atoms with Crippen LogP contribution in [0.4, 0.5) is 0 Å². The van der Waals surface area contributed by atoms with Gasteiger partial charge in [-0.3, -0.25) is 0 Å². The Bertz CT molecular complexity index is 277. The van der Waals surface area contributed by atoms with Crippen molar-refractivity contribution in [1.29, 1.82) is 0 Å². The summed E-state index contributed by atoms with van der Waals surface area (Å²) in [6, 6.07) is 0. The lowest BCUT2D eigenvalue weighted by atomic mass is 9.82. The highest BCUT2D eigenvalue weighted by Crippen LogP contribution is 2.58. The van der Waals surface area contributed by atoms with Gasteiger partial charge in [-0.2, -0.15) is 0 Å². The summed E-state index contributed by atoms with van der Waals surface area (Å²) in [6.45, 7) is 12.5. The van der Waals surface area contributed by atoms with Crippen molar-refractivity contribution in [2.24, 2.45) is 17.3 Å². The largest absolute Gasteiger partial charge is 0.495 e. The summed E-state index contributed by atoms with van der Waals surface area (Å²) < 4.78 is 5.96. The monoisotopic (exact) mass is 206 g/mol. The van der Waals surface area contributed by atoms with E-state index in [2.05, 4.69) is 27.0 Å². The fraction of sp³-hybridized carbons (Fsp3) is 0.714. The second-order valence-electron chi connectivity index (χ2n) is 5.63. The second-order valence-corrected chi connectivity index (χ2v) is 5.63. The standard InChI is InChI=1S/C14H22O/c1-5-6-10(2)15-13-9-11-7-8-12(13)14(11,3)4/h5,11-13H,1-2,6-9H2,3-4H3. The Labute approximate surface area is 93.2 Å². The molecule has 0 radical (unpaired) electrons. The molecule has 3 atom stereocenters. The van der Waals surface area contributed by atoms with Gasteiger partial charge in [0.25, 0.3) is 0 Å². The van der Waals surface area contributed by atoms with Crippen molar-refractivity contribution in [2.75, 3.05) is 0 Å². The molecular formula is C14H22O. The zero-order valence-electron chi connectivity index (χ0n) is 9.96. The van der Waals surface area contributed by atoms with Crippen molar-refractivity contribution < 1.29 is 4.74 Å². The van der Waals surface area contributed by atoms with Gasteiger partial charge in [-0.1, -0.05) is 26.5 Å². The quantitative estimate of drug-likeness (QED) is 0.500. The van der Waals surface area contributed by atoms with Crippen LogP contribution in [0, 0.1) is 17.3 Å². The predicted molar refractivity (Wildman–Crippen MR) is 63.4 cm³/mol. The fourth-order valence-electron chi connectivity index (χ4n) is 3.51. The van der Waals surface area contributed by atoms with E-state index in [-0.39, 0.29) is 0 Å². The van der Waals surface area contributed by atoms with Crippen LogP contribution in [-0.4, -0.2) is 6.10 Å². The molecule has 0 aromatic heterocycles. The molecule has 2 bridgehead atoms. The highest BCUT2D eigenvalue weighted by atomic mass is 16.5. The lowest BCUT2D eigenvalue weighted by Gasteiger charge is -2.27. The molecule has 0 spiro atoms. The maximum absolute atomic E-state index is 5.96. The van der Waals surface area contributed by atoms with Crippen LogP contribution in [0.2, 0.25) is 0 Å². The first kappa shape index (κ1) is 10.8. The summed E-state index contributed by atoms with van der Waals surface area (Å²) >= 11 is 0. The molecule has 0 N–H and O–H groups in total. The van der Waals surface area contributed by atoms with Gasteiger partial charge in [0.1, 0.15) is 6.10 Å². The number of hydrogen-bond acceptors (Lipinski definition) is 1. The third kappa shape index (κ3) is 1.73. The molecule has 0 aromatic carbocycles. The van der Waals surface area contributed by atoms with Crippen LogP contribution in [0.1, 0.15) is 39.5 Å². The summed E-state index contributed by atoms with van der Waals surface area (Å²) in [5.41, 5.74) is 0.485. The number of ether oxygens (including phenoxy) is 1. The molecule has 2 fully saturated rings. The predicted octanol–water partition coefficient (Wildman–Crippen LogP) is 3.92. The van der Waals surface area contributed by atoms with Crippen LogP contribution in [0.5, 0.6) is 0 Å². The third-order valence-corrected chi connectivity index (χ3v) is 4.49. The van der Waals surface area contributed by atoms with Gasteiger partial charge < -0.3 is 4.74 Å². The maximum Gasteiger partial charge on any atom is 0.102 e. The fourth-order valence-corrected chi connectivity index (χ4v) is 3.51. The average molecular weight is 206 g/mol. The number of hydrogen-bond donors (Lipinski definition) is 0. The second kappa shape index (κ2) is 3.70. The Hall–Kier alpha value is -0.720. The summed E-state index contributed by atoms with van der Waals surface area (Å²) in [5.74, 6) is 2.49. The minimum atomic E-state index is 0.422. The van der Waals surface area contributed by atoms with Crippen molar-refractivity contribution in [2.45, 2.75) is 45.6 Å². The van der Waals surface area contributed by atoms with Gasteiger partial charge in [-0.05, 0) is 30.6 Å². The van der Waals surface area contributed by atoms with Crippen LogP contribution in [-0.2, 0) is 4.74 Å². The molecule has 84 valence electrons. The van der Waals surface area contributed by atoms with E-state index < -0.39 is 0 Å². The maximum atomic E-state index is 5.96. The average Bonchev–Trinajstić information content (AvgIpc) is 2.55. The van der Waals surface area contributed by atoms with E-state index in [4.69, 9.17) is 4.74 Å². The normalized spacial score (nSPS) is 36.5. The van der Waals surface area contributed by atoms with Crippen molar-refractivity contribution in [3.05, 3.63) is 25.0 Å². The van der Waals surface area contributed by atoms with Crippen LogP contribution in [0.3, 0.4) is 0 Å². The van der Waals surface area contributed by atoms with Gasteiger partial charge in [0.2, 0.25) is 0 Å². The van der Waals surface area contributed by atoms with E-state index in [1.54, 1.807) is 0 Å². The van der Waals surface area contributed by atoms with Gasteiger partial charge in [-0.15, -0.1) is 6.58 Å². The molecule has 1 heteroatoms. The zero-order valence-corrected chi connectivity index (χ0v) is 9.96. The Balaban J connectivity index is 1.97. The smallest absolute Gasteiger partial charge is 0.102 e. The molecule has 2 saturated carbocycles. The number of fused-ring (bicyclic) bond motifs is 2. The molecule has 3 unspecified atom stereocenters. The molecule has 0 aromatic rings. The van der Waals surface area contributed by atoms with Gasteiger partial charge in [-0.25, -0.2) is 0 Å². The van der Waals surface area contributed by atoms with Crippen LogP contribution in [0.25, 0.3) is 0 Å². The Morgan fingerprint density at radius 2 is 2.20 bits per heavy atom.